The van der Waals surface area contributed by atoms with Gasteiger partial charge in [0, 0.05) is 147 Å². The predicted octanol–water partition coefficient (Wildman–Crippen LogP) is 1.30. The standard InChI is InChI=1S/C32H80N8O12S8Si8/c33-1-9-53-17-25-61-41-62(26-18-54-10-2-34)44-65(29-21-57-13-5-37)46-63(42-61,27-19-55-11-3-35)48-67(31-23-59-15-7-39)49-64(43-61,28-20-56-12-4-36)47-66(45-62,30-22-58-14-6-38)51-68(50-65,52-67)32-24-60-16-8-40/h1-40H2. The fourth-order valence-corrected chi connectivity index (χ4v) is 68.8. The average Bonchev–Trinajstić information content (AvgIpc) is 3.28. The largest absolute Gasteiger partial charge is 0.479 e. The Balaban J connectivity index is 1.86. The van der Waals surface area contributed by atoms with Crippen LogP contribution in [0.1, 0.15) is 0 Å². The van der Waals surface area contributed by atoms with Gasteiger partial charge in [0.25, 0.3) is 0 Å². The normalized spacial score (nSPS) is 34.2. The van der Waals surface area contributed by atoms with E-state index in [1.807, 2.05) is 0 Å². The van der Waals surface area contributed by atoms with Crippen molar-refractivity contribution in [1.82, 2.24) is 0 Å². The Kier molecular flexibility index (Phi) is 29.4. The molecule has 0 aliphatic carbocycles. The van der Waals surface area contributed by atoms with Gasteiger partial charge in [-0.3, -0.25) is 0 Å². The minimum Gasteiger partial charge on any atom is -0.373 e. The molecule has 6 heterocycles. The number of thioether (sulfide) groups is 8. The third-order valence-electron chi connectivity index (χ3n) is 10.3. The van der Waals surface area contributed by atoms with Gasteiger partial charge in [-0.05, 0) is 46.0 Å². The van der Waals surface area contributed by atoms with Gasteiger partial charge in [0.15, 0.2) is 0 Å². The quantitative estimate of drug-likeness (QED) is 0.0317. The topological polar surface area (TPSA) is 319 Å². The zero-order valence-corrected chi connectivity index (χ0v) is 53.9. The highest BCUT2D eigenvalue weighted by atomic mass is 32.2. The monoisotopic (exact) mass is 1250 g/mol. The van der Waals surface area contributed by atoms with E-state index in [-0.39, 0.29) is 0 Å². The van der Waals surface area contributed by atoms with E-state index in [1.165, 1.54) is 0 Å². The zero-order chi connectivity index (χ0) is 48.8. The molecule has 0 radical (unpaired) electrons. The number of hydrogen-bond acceptors (Lipinski definition) is 28. The van der Waals surface area contributed by atoms with Crippen molar-refractivity contribution in [3.8, 4) is 0 Å². The molecule has 36 heteroatoms. The summed E-state index contributed by atoms with van der Waals surface area (Å²) in [6.07, 6.45) is 0. The highest BCUT2D eigenvalue weighted by Crippen LogP contribution is 2.54. The molecule has 0 atom stereocenters. The fourth-order valence-electron chi connectivity index (χ4n) is 7.63. The first-order valence-electron chi connectivity index (χ1n) is 23.6. The van der Waals surface area contributed by atoms with Gasteiger partial charge in [0.2, 0.25) is 0 Å². The molecule has 0 aromatic heterocycles. The zero-order valence-electron chi connectivity index (χ0n) is 39.4. The molecule has 16 N–H and O–H groups in total. The minimum absolute atomic E-state index is 0.381. The first-order chi connectivity index (χ1) is 33.0. The molecule has 6 aliphatic heterocycles. The van der Waals surface area contributed by atoms with E-state index >= 15 is 0 Å². The highest BCUT2D eigenvalue weighted by Gasteiger charge is 2.83. The highest BCUT2D eigenvalue weighted by molar-refractivity contribution is 8.00. The molecule has 6 saturated heterocycles. The van der Waals surface area contributed by atoms with Crippen LogP contribution in [0.5, 0.6) is 0 Å². The molecule has 8 bridgehead atoms. The van der Waals surface area contributed by atoms with Gasteiger partial charge in [0.05, 0.1) is 0 Å². The summed E-state index contributed by atoms with van der Waals surface area (Å²) >= 11 is 13.7. The molecule has 68 heavy (non-hydrogen) atoms. The lowest BCUT2D eigenvalue weighted by Gasteiger charge is -2.63. The Bertz CT molecular complexity index is 1080. The van der Waals surface area contributed by atoms with Crippen molar-refractivity contribution in [2.75, 3.05) is 144 Å². The minimum atomic E-state index is -4.10. The average molecular weight is 1250 g/mol. The maximum absolute atomic E-state index is 7.90. The van der Waals surface area contributed by atoms with Gasteiger partial charge in [-0.2, -0.15) is 94.1 Å². The summed E-state index contributed by atoms with van der Waals surface area (Å²) in [5.41, 5.74) is 48.5. The Morgan fingerprint density at radius 1 is 0.176 bits per heavy atom. The smallest absolute Gasteiger partial charge is 0.373 e. The maximum Gasteiger partial charge on any atom is 0.479 e. The van der Waals surface area contributed by atoms with Crippen LogP contribution >= 0.6 is 94.1 Å². The molecule has 6 rings (SSSR count). The number of hydrogen-bond donors (Lipinski definition) is 8. The second-order valence-electron chi connectivity index (χ2n) is 15.9. The second kappa shape index (κ2) is 32.0. The van der Waals surface area contributed by atoms with E-state index in [1.54, 1.807) is 94.1 Å². The van der Waals surface area contributed by atoms with Crippen LogP contribution in [0.15, 0.2) is 0 Å². The Morgan fingerprint density at radius 2 is 0.279 bits per heavy atom. The van der Waals surface area contributed by atoms with Crippen LogP contribution in [0.4, 0.5) is 0 Å². The van der Waals surface area contributed by atoms with Crippen LogP contribution in [0.25, 0.3) is 0 Å². The molecule has 0 aromatic carbocycles. The van der Waals surface area contributed by atoms with Gasteiger partial charge in [-0.1, -0.05) is 0 Å². The van der Waals surface area contributed by atoms with E-state index in [0.717, 1.165) is 46.0 Å². The molecule has 20 nitrogen and oxygen atoms in total. The van der Waals surface area contributed by atoms with Crippen LogP contribution in [-0.2, 0) is 49.4 Å². The summed E-state index contributed by atoms with van der Waals surface area (Å²) in [5.74, 6) is 10.8. The summed E-state index contributed by atoms with van der Waals surface area (Å²) in [5, 5.41) is 0. The lowest BCUT2D eigenvalue weighted by molar-refractivity contribution is -0.0279. The molecule has 6 aliphatic rings. The van der Waals surface area contributed by atoms with Gasteiger partial charge in [0.1, 0.15) is 0 Å². The van der Waals surface area contributed by atoms with Gasteiger partial charge in [-0.25, -0.2) is 0 Å². The molecular weight excluding hydrogens is 1170 g/mol. The van der Waals surface area contributed by atoms with Crippen LogP contribution in [0.3, 0.4) is 0 Å². The fraction of sp³-hybridized carbons (Fsp3) is 1.00. The van der Waals surface area contributed by atoms with Crippen LogP contribution < -0.4 is 45.9 Å². The second-order valence-corrected chi connectivity index (χ2v) is 50.4. The Labute approximate surface area is 448 Å². The van der Waals surface area contributed by atoms with Crippen LogP contribution in [0, 0.1) is 0 Å². The molecule has 0 spiro atoms. The van der Waals surface area contributed by atoms with Gasteiger partial charge >= 0.3 is 70.4 Å². The van der Waals surface area contributed by atoms with Gasteiger partial charge < -0.3 is 95.3 Å². The van der Waals surface area contributed by atoms with Crippen molar-refractivity contribution in [1.29, 1.82) is 0 Å². The Hall–Kier alpha value is 3.74. The van der Waals surface area contributed by atoms with Crippen LogP contribution in [-0.4, -0.2) is 215 Å². The third-order valence-corrected chi connectivity index (χ3v) is 58.0. The van der Waals surface area contributed by atoms with Crippen molar-refractivity contribution in [2.24, 2.45) is 45.9 Å². The molecule has 0 aromatic rings. The molecule has 400 valence electrons. The number of rotatable bonds is 40. The predicted molar refractivity (Wildman–Crippen MR) is 309 cm³/mol. The van der Waals surface area contributed by atoms with Crippen molar-refractivity contribution >= 4 is 165 Å². The van der Waals surface area contributed by atoms with Crippen molar-refractivity contribution in [2.45, 2.75) is 48.4 Å². The summed E-state index contributed by atoms with van der Waals surface area (Å²) in [4.78, 5) is 0. The Morgan fingerprint density at radius 3 is 0.368 bits per heavy atom. The van der Waals surface area contributed by atoms with Crippen LogP contribution in [0.2, 0.25) is 48.4 Å². The maximum atomic E-state index is 7.90. The van der Waals surface area contributed by atoms with Crippen molar-refractivity contribution in [3.05, 3.63) is 0 Å². The van der Waals surface area contributed by atoms with Crippen molar-refractivity contribution < 1.29 is 49.4 Å². The summed E-state index contributed by atoms with van der Waals surface area (Å²) in [6.45, 7) is 4.13. The molecular formula is C32H80N8O12S8Si8. The van der Waals surface area contributed by atoms with E-state index in [4.69, 9.17) is 95.3 Å². The molecule has 0 unspecified atom stereocenters. The van der Waals surface area contributed by atoms with E-state index in [0.29, 0.717) is 147 Å². The number of nitrogens with two attached hydrogens (primary N) is 8. The third kappa shape index (κ3) is 19.0. The summed E-state index contributed by atoms with van der Waals surface area (Å²) in [7, 11) is -32.8. The van der Waals surface area contributed by atoms with Gasteiger partial charge in [-0.15, -0.1) is 0 Å². The summed E-state index contributed by atoms with van der Waals surface area (Å²) in [6, 6.07) is 3.05. The molecule has 0 saturated carbocycles. The lowest BCUT2D eigenvalue weighted by Crippen LogP contribution is -2.88. The molecule has 0 amide bonds. The first kappa shape index (κ1) is 62.6. The summed E-state index contributed by atoms with van der Waals surface area (Å²) < 4.78 is 94.8. The van der Waals surface area contributed by atoms with E-state index < -0.39 is 70.4 Å². The van der Waals surface area contributed by atoms with E-state index in [9.17, 15) is 0 Å². The molecule has 6 fully saturated rings. The SMILES string of the molecule is NCCSCC[Si]12O[Si]3(CCSCCN)O[Si]4(CCSCCN)O[Si](CCSCCN)(O1)O[Si]1(CCSCCN)O[Si](CCSCCN)(O2)O[Si](CCSCCN)(O3)O[Si](CCSCCN)(O4)O1. The van der Waals surface area contributed by atoms with Crippen molar-refractivity contribution in [3.63, 3.8) is 0 Å². The first-order valence-corrected chi connectivity index (χ1v) is 48.3. The lowest BCUT2D eigenvalue weighted by atomic mass is 10.8. The van der Waals surface area contributed by atoms with E-state index in [2.05, 4.69) is 0 Å².